The normalized spacial score (nSPS) is 15.4. The lowest BCUT2D eigenvalue weighted by Crippen LogP contribution is -2.32. The lowest BCUT2D eigenvalue weighted by Gasteiger charge is -2.16. The molecule has 2 amide bonds. The van der Waals surface area contributed by atoms with Crippen molar-refractivity contribution in [2.24, 2.45) is 0 Å². The van der Waals surface area contributed by atoms with E-state index in [2.05, 4.69) is 31.5 Å². The summed E-state index contributed by atoms with van der Waals surface area (Å²) in [6, 6.07) is 11.6. The van der Waals surface area contributed by atoms with Gasteiger partial charge in [0.05, 0.1) is 23.4 Å². The highest BCUT2D eigenvalue weighted by Gasteiger charge is 2.27. The number of carbonyl (C=O) groups excluding carboxylic acids is 2. The van der Waals surface area contributed by atoms with Crippen molar-refractivity contribution in [2.45, 2.75) is 19.4 Å². The fraction of sp³-hybridized carbons (Fsp3) is 0.286. The Kier molecular flexibility index (Phi) is 7.74. The molecule has 3 heterocycles. The summed E-state index contributed by atoms with van der Waals surface area (Å²) in [4.78, 5) is 31.1. The van der Waals surface area contributed by atoms with Gasteiger partial charge < -0.3 is 20.3 Å². The largest absolute Gasteiger partial charge is 0.450 e. The fourth-order valence-electron chi connectivity index (χ4n) is 3.34. The van der Waals surface area contributed by atoms with Crippen molar-refractivity contribution in [1.29, 1.82) is 0 Å². The van der Waals surface area contributed by atoms with Gasteiger partial charge >= 0.3 is 6.09 Å². The minimum atomic E-state index is -0.276. The van der Waals surface area contributed by atoms with E-state index in [0.717, 1.165) is 21.0 Å². The predicted molar refractivity (Wildman–Crippen MR) is 130 cm³/mol. The second-order valence-corrected chi connectivity index (χ2v) is 8.95. The number of thiophene rings is 1. The van der Waals surface area contributed by atoms with Gasteiger partial charge in [-0.05, 0) is 55.1 Å². The molecule has 164 valence electrons. The fourth-order valence-corrected chi connectivity index (χ4v) is 4.66. The lowest BCUT2D eigenvalue weighted by atomic mass is 10.2. The van der Waals surface area contributed by atoms with Crippen molar-refractivity contribution in [3.63, 3.8) is 0 Å². The number of fused-ring (bicyclic) bond motifs is 1. The van der Waals surface area contributed by atoms with E-state index >= 15 is 0 Å². The van der Waals surface area contributed by atoms with Gasteiger partial charge in [-0.3, -0.25) is 4.79 Å². The predicted octanol–water partition coefficient (Wildman–Crippen LogP) is 5.38. The first kappa shape index (κ1) is 23.3. The van der Waals surface area contributed by atoms with Gasteiger partial charge in [-0.2, -0.15) is 0 Å². The molecule has 1 aliphatic rings. The van der Waals surface area contributed by atoms with Crippen LogP contribution in [0.1, 0.15) is 23.0 Å². The number of pyridine rings is 1. The number of hydrogen-bond donors (Lipinski definition) is 2. The average Bonchev–Trinajstić information content (AvgIpc) is 3.36. The van der Waals surface area contributed by atoms with Gasteiger partial charge in [0.15, 0.2) is 0 Å². The summed E-state index contributed by atoms with van der Waals surface area (Å²) >= 11 is 4.91. The molecule has 1 fully saturated rings. The number of anilines is 2. The Morgan fingerprint density at radius 2 is 2.13 bits per heavy atom. The summed E-state index contributed by atoms with van der Waals surface area (Å²) in [7, 11) is 0. The van der Waals surface area contributed by atoms with Gasteiger partial charge in [-0.25, -0.2) is 9.78 Å². The van der Waals surface area contributed by atoms with Crippen LogP contribution >= 0.6 is 39.7 Å². The van der Waals surface area contributed by atoms with Crippen LogP contribution in [0.15, 0.2) is 47.1 Å². The van der Waals surface area contributed by atoms with E-state index < -0.39 is 0 Å². The molecular formula is C21H22BrClN4O3S. The maximum Gasteiger partial charge on any atom is 0.409 e. The molecule has 0 spiro atoms. The molecule has 1 atom stereocenters. The molecule has 1 saturated heterocycles. The molecule has 2 aromatic heterocycles. The minimum absolute atomic E-state index is 0. The van der Waals surface area contributed by atoms with Gasteiger partial charge in [-0.1, -0.05) is 15.9 Å². The average molecular weight is 526 g/mol. The Balaban J connectivity index is 0.00000272. The number of amides is 2. The molecule has 3 aromatic rings. The smallest absolute Gasteiger partial charge is 0.409 e. The lowest BCUT2D eigenvalue weighted by molar-refractivity contribution is 0.103. The maximum absolute atomic E-state index is 12.6. The number of halogens is 2. The number of benzene rings is 1. The van der Waals surface area contributed by atoms with Crippen molar-refractivity contribution in [3.05, 3.63) is 51.9 Å². The van der Waals surface area contributed by atoms with E-state index in [1.165, 1.54) is 11.3 Å². The van der Waals surface area contributed by atoms with Crippen molar-refractivity contribution in [3.8, 4) is 0 Å². The van der Waals surface area contributed by atoms with Crippen LogP contribution in [0.5, 0.6) is 0 Å². The summed E-state index contributed by atoms with van der Waals surface area (Å²) in [6.07, 6.45) is 2.19. The second kappa shape index (κ2) is 10.3. The van der Waals surface area contributed by atoms with Crippen LogP contribution in [0.4, 0.5) is 16.3 Å². The zero-order valence-electron chi connectivity index (χ0n) is 16.8. The molecule has 0 saturated carbocycles. The molecule has 2 N–H and O–H groups in total. The summed E-state index contributed by atoms with van der Waals surface area (Å²) < 4.78 is 7.09. The van der Waals surface area contributed by atoms with Crippen LogP contribution in [0.2, 0.25) is 0 Å². The molecule has 10 heteroatoms. The topological polar surface area (TPSA) is 83.6 Å². The highest BCUT2D eigenvalue weighted by molar-refractivity contribution is 9.10. The van der Waals surface area contributed by atoms with E-state index in [4.69, 9.17) is 4.74 Å². The van der Waals surface area contributed by atoms with Gasteiger partial charge in [0.2, 0.25) is 0 Å². The molecule has 7 nitrogen and oxygen atoms in total. The number of nitrogens with one attached hydrogen (secondary N) is 2. The number of aromatic nitrogens is 1. The van der Waals surface area contributed by atoms with E-state index in [0.29, 0.717) is 36.1 Å². The van der Waals surface area contributed by atoms with Crippen molar-refractivity contribution < 1.29 is 14.3 Å². The summed E-state index contributed by atoms with van der Waals surface area (Å²) in [6.45, 7) is 3.42. The molecular weight excluding hydrogens is 504 g/mol. The zero-order chi connectivity index (χ0) is 21.1. The first-order chi connectivity index (χ1) is 14.5. The summed E-state index contributed by atoms with van der Waals surface area (Å²) in [5.74, 6) is 0.547. The van der Waals surface area contributed by atoms with Crippen LogP contribution < -0.4 is 10.6 Å². The number of hydrogen-bond acceptors (Lipinski definition) is 6. The molecule has 31 heavy (non-hydrogen) atoms. The molecule has 0 radical (unpaired) electrons. The van der Waals surface area contributed by atoms with E-state index in [-0.39, 0.29) is 30.4 Å². The van der Waals surface area contributed by atoms with Crippen molar-refractivity contribution >= 4 is 73.3 Å². The highest BCUT2D eigenvalue weighted by atomic mass is 79.9. The van der Waals surface area contributed by atoms with Crippen LogP contribution in [0, 0.1) is 0 Å². The first-order valence-electron chi connectivity index (χ1n) is 9.66. The van der Waals surface area contributed by atoms with Gasteiger partial charge in [0.25, 0.3) is 5.91 Å². The number of carbonyl (C=O) groups is 2. The van der Waals surface area contributed by atoms with Crippen LogP contribution in [0.25, 0.3) is 10.1 Å². The molecule has 0 bridgehead atoms. The number of nitrogens with zero attached hydrogens (tertiary/aromatic N) is 2. The molecule has 1 aliphatic heterocycles. The Morgan fingerprint density at radius 1 is 1.29 bits per heavy atom. The quantitative estimate of drug-likeness (QED) is 0.467. The number of ether oxygens (including phenoxy) is 1. The Hall–Kier alpha value is -2.36. The Morgan fingerprint density at radius 3 is 2.87 bits per heavy atom. The maximum atomic E-state index is 12.6. The molecule has 0 aliphatic carbocycles. The van der Waals surface area contributed by atoms with Crippen LogP contribution in [0.3, 0.4) is 0 Å². The van der Waals surface area contributed by atoms with E-state index in [1.807, 2.05) is 36.4 Å². The van der Waals surface area contributed by atoms with Crippen molar-refractivity contribution in [2.75, 3.05) is 30.3 Å². The van der Waals surface area contributed by atoms with Crippen LogP contribution in [-0.2, 0) is 4.74 Å². The molecule has 1 aromatic carbocycles. The monoisotopic (exact) mass is 524 g/mol. The molecule has 1 unspecified atom stereocenters. The van der Waals surface area contributed by atoms with Gasteiger partial charge in [0.1, 0.15) is 5.82 Å². The van der Waals surface area contributed by atoms with Crippen molar-refractivity contribution in [1.82, 2.24) is 9.88 Å². The zero-order valence-corrected chi connectivity index (χ0v) is 20.0. The third-order valence-electron chi connectivity index (χ3n) is 4.79. The summed E-state index contributed by atoms with van der Waals surface area (Å²) in [5.41, 5.74) is 0.628. The van der Waals surface area contributed by atoms with E-state index in [1.54, 1.807) is 18.0 Å². The Labute approximate surface area is 198 Å². The minimum Gasteiger partial charge on any atom is -0.450 e. The molecule has 4 rings (SSSR count). The SMILES string of the molecule is CCOC(=O)N1CCC(Nc2ccc(NC(=O)c3cc4cc(Br)ccc4s3)cn2)C1.Cl. The number of likely N-dealkylation sites (tertiary alicyclic amines) is 1. The third-order valence-corrected chi connectivity index (χ3v) is 6.40. The number of rotatable bonds is 5. The van der Waals surface area contributed by atoms with Gasteiger partial charge in [-0.15, -0.1) is 23.7 Å². The van der Waals surface area contributed by atoms with Gasteiger partial charge in [0, 0.05) is 28.3 Å². The third kappa shape index (κ3) is 5.66. The van der Waals surface area contributed by atoms with E-state index in [9.17, 15) is 9.59 Å². The van der Waals surface area contributed by atoms with Crippen LogP contribution in [-0.4, -0.2) is 47.6 Å². The Bertz CT molecular complexity index is 1080. The highest BCUT2D eigenvalue weighted by Crippen LogP contribution is 2.29. The standard InChI is InChI=1S/C21H21BrN4O3S.ClH/c1-2-29-21(28)26-8-7-16(12-26)24-19-6-4-15(11-23-19)25-20(27)18-10-13-9-14(22)3-5-17(13)30-18;/h3-6,9-11,16H,2,7-8,12H2,1H3,(H,23,24)(H,25,27);1H. The first-order valence-corrected chi connectivity index (χ1v) is 11.3. The second-order valence-electron chi connectivity index (χ2n) is 6.95. The summed E-state index contributed by atoms with van der Waals surface area (Å²) in [5, 5.41) is 7.25.